The number of hydrogen-bond acceptors (Lipinski definition) is 5. The second-order valence-electron chi connectivity index (χ2n) is 11.3. The summed E-state index contributed by atoms with van der Waals surface area (Å²) >= 11 is 0. The van der Waals surface area contributed by atoms with Crippen molar-refractivity contribution in [2.24, 2.45) is 5.41 Å². The van der Waals surface area contributed by atoms with Crippen molar-refractivity contribution in [3.8, 4) is 17.0 Å². The van der Waals surface area contributed by atoms with E-state index in [1.807, 2.05) is 24.3 Å². The van der Waals surface area contributed by atoms with Crippen molar-refractivity contribution in [2.45, 2.75) is 56.9 Å². The van der Waals surface area contributed by atoms with E-state index in [9.17, 15) is 23.1 Å². The number of nitrogens with one attached hydrogen (secondary N) is 1. The van der Waals surface area contributed by atoms with Gasteiger partial charge in [0.1, 0.15) is 5.75 Å². The number of hydrogen-bond donors (Lipinski definition) is 2. The summed E-state index contributed by atoms with van der Waals surface area (Å²) in [5, 5.41) is 11.4. The Hall–Kier alpha value is -3.37. The predicted molar refractivity (Wildman–Crippen MR) is 147 cm³/mol. The third kappa shape index (κ3) is 4.03. The van der Waals surface area contributed by atoms with Crippen LogP contribution >= 0.6 is 0 Å². The molecule has 3 aliphatic rings. The number of fused-ring (bicyclic) bond motifs is 7. The number of ether oxygens (including phenoxy) is 1. The first kappa shape index (κ1) is 25.9. The molecule has 3 aromatic rings. The number of carbonyl (C=O) groups excluding carboxylic acids is 1. The number of nitrogens with zero attached hydrogens (tertiary/aromatic N) is 2. The van der Waals surface area contributed by atoms with Gasteiger partial charge >= 0.3 is 16.2 Å². The summed E-state index contributed by atoms with van der Waals surface area (Å²) in [7, 11) is 0.354. The quantitative estimate of drug-likeness (QED) is 0.467. The molecule has 1 unspecified atom stereocenters. The van der Waals surface area contributed by atoms with Gasteiger partial charge in [0.2, 0.25) is 0 Å². The predicted octanol–water partition coefficient (Wildman–Crippen LogP) is 4.47. The van der Waals surface area contributed by atoms with Gasteiger partial charge in [0, 0.05) is 48.6 Å². The Morgan fingerprint density at radius 3 is 2.51 bits per heavy atom. The Kier molecular flexibility index (Phi) is 6.03. The van der Waals surface area contributed by atoms with Gasteiger partial charge in [-0.05, 0) is 66.6 Å². The van der Waals surface area contributed by atoms with Gasteiger partial charge in [-0.3, -0.25) is 9.59 Å². The van der Waals surface area contributed by atoms with Crippen LogP contribution in [0.3, 0.4) is 0 Å². The molecule has 2 atom stereocenters. The maximum Gasteiger partial charge on any atom is 0.312 e. The Balaban J connectivity index is 1.60. The van der Waals surface area contributed by atoms with E-state index in [2.05, 4.69) is 9.29 Å². The molecular formula is C29H33N3O6S. The van der Waals surface area contributed by atoms with Gasteiger partial charge in [-0.15, -0.1) is 0 Å². The first-order chi connectivity index (χ1) is 18.6. The molecule has 0 saturated heterocycles. The van der Waals surface area contributed by atoms with Crippen LogP contribution in [-0.2, 0) is 21.5 Å². The monoisotopic (exact) mass is 551 g/mol. The van der Waals surface area contributed by atoms with Gasteiger partial charge in [-0.2, -0.15) is 12.7 Å². The number of methoxy groups -OCH3 is 1. The zero-order valence-corrected chi connectivity index (χ0v) is 23.2. The Morgan fingerprint density at radius 2 is 1.85 bits per heavy atom. The Bertz CT molecular complexity index is 1620. The molecule has 0 spiro atoms. The number of aromatic nitrogens is 1. The molecule has 1 aromatic heterocycles. The van der Waals surface area contributed by atoms with E-state index in [4.69, 9.17) is 4.74 Å². The highest BCUT2D eigenvalue weighted by Gasteiger charge is 2.63. The number of benzene rings is 2. The molecule has 6 rings (SSSR count). The molecule has 2 N–H and O–H groups in total. The average molecular weight is 552 g/mol. The smallest absolute Gasteiger partial charge is 0.312 e. The normalized spacial score (nSPS) is 22.5. The average Bonchev–Trinajstić information content (AvgIpc) is 3.59. The van der Waals surface area contributed by atoms with Crippen molar-refractivity contribution in [3.63, 3.8) is 0 Å². The third-order valence-electron chi connectivity index (χ3n) is 8.91. The summed E-state index contributed by atoms with van der Waals surface area (Å²) in [6.07, 6.45) is 6.10. The molecule has 2 heterocycles. The van der Waals surface area contributed by atoms with Crippen molar-refractivity contribution in [1.82, 2.24) is 13.6 Å². The molecule has 206 valence electrons. The van der Waals surface area contributed by atoms with E-state index in [1.54, 1.807) is 19.2 Å². The van der Waals surface area contributed by atoms with Crippen molar-refractivity contribution >= 4 is 33.0 Å². The molecule has 1 amide bonds. The minimum absolute atomic E-state index is 0.133. The lowest BCUT2D eigenvalue weighted by Crippen LogP contribution is -2.39. The number of carbonyl (C=O) groups is 2. The van der Waals surface area contributed by atoms with Crippen LogP contribution in [0.1, 0.15) is 71.8 Å². The van der Waals surface area contributed by atoms with E-state index in [1.165, 1.54) is 26.1 Å². The van der Waals surface area contributed by atoms with Crippen LogP contribution in [-0.4, -0.2) is 55.5 Å². The largest absolute Gasteiger partial charge is 0.497 e. The standard InChI is InChI=1S/C29H33N3O6S/c1-31(2)39(36,37)30-27(33)18-9-11-21-24(13-18)32-16-29(28(34)35)15-23(29)22-14-19(38-3)10-12-20(22)26(32)25(21)17-7-5-4-6-8-17/h9-14,17,23H,4-8,15-16H2,1-3H3,(H,30,33)(H,34,35)/t23?,29-/m1/s1. The summed E-state index contributed by atoms with van der Waals surface area (Å²) in [5.74, 6) is -0.676. The molecule has 9 nitrogen and oxygen atoms in total. The Labute approximate surface area is 227 Å². The summed E-state index contributed by atoms with van der Waals surface area (Å²) in [6, 6.07) is 11.2. The second-order valence-corrected chi connectivity index (χ2v) is 13.2. The van der Waals surface area contributed by atoms with Crippen LogP contribution in [0.4, 0.5) is 0 Å². The van der Waals surface area contributed by atoms with Crippen LogP contribution in [0, 0.1) is 5.41 Å². The molecule has 2 aliphatic carbocycles. The third-order valence-corrected chi connectivity index (χ3v) is 10.3. The highest BCUT2D eigenvalue weighted by Crippen LogP contribution is 2.65. The SMILES string of the molecule is COc1ccc2c(c1)C1C[C@@]1(C(=O)O)Cn1c-2c(C2CCCCC2)c2ccc(C(=O)NS(=O)(=O)N(C)C)cc21. The van der Waals surface area contributed by atoms with E-state index in [0.717, 1.165) is 57.7 Å². The van der Waals surface area contributed by atoms with Gasteiger partial charge in [0.15, 0.2) is 0 Å². The number of carboxylic acid groups (broad SMARTS) is 1. The number of aliphatic carboxylic acids is 1. The van der Waals surface area contributed by atoms with E-state index in [-0.39, 0.29) is 18.0 Å². The van der Waals surface area contributed by atoms with Crippen LogP contribution in [0.5, 0.6) is 5.75 Å². The zero-order chi connectivity index (χ0) is 27.7. The summed E-state index contributed by atoms with van der Waals surface area (Å²) in [6.45, 7) is 0.281. The molecule has 10 heteroatoms. The highest BCUT2D eigenvalue weighted by molar-refractivity contribution is 7.87. The van der Waals surface area contributed by atoms with E-state index in [0.29, 0.717) is 18.1 Å². The Morgan fingerprint density at radius 1 is 1.10 bits per heavy atom. The number of rotatable bonds is 6. The molecule has 2 fully saturated rings. The number of carboxylic acids is 1. The summed E-state index contributed by atoms with van der Waals surface area (Å²) in [5.41, 5.74) is 4.24. The fourth-order valence-corrected chi connectivity index (χ4v) is 7.22. The lowest BCUT2D eigenvalue weighted by atomic mass is 9.81. The summed E-state index contributed by atoms with van der Waals surface area (Å²) in [4.78, 5) is 25.7. The van der Waals surface area contributed by atoms with Gasteiger partial charge in [-0.1, -0.05) is 25.3 Å². The van der Waals surface area contributed by atoms with Crippen molar-refractivity contribution in [1.29, 1.82) is 0 Å². The maximum atomic E-state index is 13.0. The minimum atomic E-state index is -3.97. The molecule has 0 radical (unpaired) electrons. The van der Waals surface area contributed by atoms with Gasteiger partial charge < -0.3 is 14.4 Å². The van der Waals surface area contributed by atoms with Gasteiger partial charge in [-0.25, -0.2) is 4.72 Å². The zero-order valence-electron chi connectivity index (χ0n) is 22.4. The molecular weight excluding hydrogens is 518 g/mol. The first-order valence-electron chi connectivity index (χ1n) is 13.4. The minimum Gasteiger partial charge on any atom is -0.497 e. The van der Waals surface area contributed by atoms with Crippen LogP contribution in [0.15, 0.2) is 36.4 Å². The van der Waals surface area contributed by atoms with Crippen molar-refractivity contribution < 1.29 is 27.9 Å². The second kappa shape index (κ2) is 9.09. The van der Waals surface area contributed by atoms with E-state index < -0.39 is 27.5 Å². The van der Waals surface area contributed by atoms with E-state index >= 15 is 0 Å². The fourth-order valence-electron chi connectivity index (χ4n) is 6.69. The lowest BCUT2D eigenvalue weighted by molar-refractivity contribution is -0.144. The molecule has 1 aliphatic heterocycles. The van der Waals surface area contributed by atoms with Gasteiger partial charge in [0.25, 0.3) is 5.91 Å². The van der Waals surface area contributed by atoms with Crippen LogP contribution in [0.2, 0.25) is 0 Å². The van der Waals surface area contributed by atoms with Crippen LogP contribution in [0.25, 0.3) is 22.2 Å². The maximum absolute atomic E-state index is 13.0. The molecule has 2 saturated carbocycles. The van der Waals surface area contributed by atoms with Crippen LogP contribution < -0.4 is 9.46 Å². The summed E-state index contributed by atoms with van der Waals surface area (Å²) < 4.78 is 35.3. The highest BCUT2D eigenvalue weighted by atomic mass is 32.2. The van der Waals surface area contributed by atoms with Crippen molar-refractivity contribution in [2.75, 3.05) is 21.2 Å². The number of amides is 1. The fraction of sp³-hybridized carbons (Fsp3) is 0.448. The first-order valence-corrected chi connectivity index (χ1v) is 14.8. The lowest BCUT2D eigenvalue weighted by Gasteiger charge is -2.24. The molecule has 0 bridgehead atoms. The molecule has 2 aromatic carbocycles. The molecule has 39 heavy (non-hydrogen) atoms. The topological polar surface area (TPSA) is 118 Å². The van der Waals surface area contributed by atoms with Crippen molar-refractivity contribution in [3.05, 3.63) is 53.1 Å². The van der Waals surface area contributed by atoms with Gasteiger partial charge in [0.05, 0.1) is 18.2 Å².